The van der Waals surface area contributed by atoms with Gasteiger partial charge in [0.2, 0.25) is 10.8 Å². The van der Waals surface area contributed by atoms with Crippen LogP contribution in [-0.4, -0.2) is 17.6 Å². The number of hydrogen-bond acceptors (Lipinski definition) is 3. The Bertz CT molecular complexity index is 810. The summed E-state index contributed by atoms with van der Waals surface area (Å²) in [4.78, 5) is 25.7. The molecule has 2 aromatic carbocycles. The topological polar surface area (TPSA) is 49.4 Å². The first kappa shape index (κ1) is 13.7. The van der Waals surface area contributed by atoms with Crippen LogP contribution in [0.4, 0.5) is 11.4 Å². The van der Waals surface area contributed by atoms with Gasteiger partial charge in [0.15, 0.2) is 0 Å². The minimum atomic E-state index is -1.07. The predicted molar refractivity (Wildman–Crippen MR) is 88.1 cm³/mol. The van der Waals surface area contributed by atoms with Crippen LogP contribution in [0.5, 0.6) is 0 Å². The summed E-state index contributed by atoms with van der Waals surface area (Å²) >= 11 is 7.60. The molecule has 2 aromatic rings. The van der Waals surface area contributed by atoms with E-state index in [1.165, 1.54) is 16.7 Å². The summed E-state index contributed by atoms with van der Waals surface area (Å²) in [5.41, 5.74) is 2.11. The molecule has 0 radical (unpaired) electrons. The molecule has 1 unspecified atom stereocenters. The number of nitrogens with zero attached hydrogens (tertiary/aromatic N) is 1. The molecule has 0 aromatic heterocycles. The molecular formula is C16H11ClN2O2S. The zero-order valence-electron chi connectivity index (χ0n) is 11.4. The van der Waals surface area contributed by atoms with Crippen LogP contribution in [0.15, 0.2) is 48.5 Å². The number of halogens is 1. The summed E-state index contributed by atoms with van der Waals surface area (Å²) in [6.45, 7) is 0. The van der Waals surface area contributed by atoms with Crippen molar-refractivity contribution in [3.05, 3.63) is 59.1 Å². The van der Waals surface area contributed by atoms with Gasteiger partial charge in [-0.15, -0.1) is 11.8 Å². The molecular weight excluding hydrogens is 320 g/mol. The van der Waals surface area contributed by atoms with Crippen LogP contribution in [-0.2, 0) is 14.5 Å². The van der Waals surface area contributed by atoms with E-state index in [0.29, 0.717) is 10.7 Å². The zero-order chi connectivity index (χ0) is 15.3. The standard InChI is InChI=1S/C16H11ClN2O2S/c17-11-6-2-4-8-13(11)19-14(20)9-22-16(19)10-5-1-3-7-12(10)18-15(16)21/h1-8H,9H2,(H,18,21). The van der Waals surface area contributed by atoms with Crippen LogP contribution in [0.3, 0.4) is 0 Å². The molecule has 2 amide bonds. The number of para-hydroxylation sites is 2. The Morgan fingerprint density at radius 3 is 2.64 bits per heavy atom. The molecule has 6 heteroatoms. The molecule has 2 aliphatic heterocycles. The lowest BCUT2D eigenvalue weighted by atomic mass is 10.0. The Morgan fingerprint density at radius 1 is 1.09 bits per heavy atom. The van der Waals surface area contributed by atoms with Gasteiger partial charge in [0.1, 0.15) is 0 Å². The second kappa shape index (κ2) is 4.76. The van der Waals surface area contributed by atoms with Gasteiger partial charge in [0, 0.05) is 11.3 Å². The van der Waals surface area contributed by atoms with Gasteiger partial charge in [0.05, 0.1) is 16.5 Å². The van der Waals surface area contributed by atoms with E-state index in [0.717, 1.165) is 11.3 Å². The van der Waals surface area contributed by atoms with Crippen LogP contribution in [0.1, 0.15) is 5.56 Å². The lowest BCUT2D eigenvalue weighted by molar-refractivity contribution is -0.122. The zero-order valence-corrected chi connectivity index (χ0v) is 12.9. The van der Waals surface area contributed by atoms with Crippen molar-refractivity contribution in [1.82, 2.24) is 0 Å². The fourth-order valence-electron chi connectivity index (χ4n) is 2.99. The minimum absolute atomic E-state index is 0.120. The van der Waals surface area contributed by atoms with E-state index in [4.69, 9.17) is 11.6 Å². The van der Waals surface area contributed by atoms with Crippen molar-refractivity contribution in [2.45, 2.75) is 4.87 Å². The second-order valence-corrected chi connectivity index (χ2v) is 6.69. The summed E-state index contributed by atoms with van der Waals surface area (Å²) in [6.07, 6.45) is 0. The molecule has 2 aliphatic rings. The van der Waals surface area contributed by atoms with E-state index in [2.05, 4.69) is 5.32 Å². The molecule has 0 saturated carbocycles. The summed E-state index contributed by atoms with van der Waals surface area (Å²) in [5, 5.41) is 3.33. The number of anilines is 2. The number of hydrogen-bond donors (Lipinski definition) is 1. The Morgan fingerprint density at radius 2 is 1.82 bits per heavy atom. The molecule has 1 atom stereocenters. The molecule has 1 fully saturated rings. The molecule has 1 spiro atoms. The number of rotatable bonds is 1. The van der Waals surface area contributed by atoms with Gasteiger partial charge in [-0.05, 0) is 18.2 Å². The Hall–Kier alpha value is -1.98. The van der Waals surface area contributed by atoms with Gasteiger partial charge < -0.3 is 5.32 Å². The van der Waals surface area contributed by atoms with Crippen LogP contribution < -0.4 is 10.2 Å². The van der Waals surface area contributed by atoms with Crippen molar-refractivity contribution >= 4 is 46.6 Å². The highest BCUT2D eigenvalue weighted by atomic mass is 35.5. The lowest BCUT2D eigenvalue weighted by Crippen LogP contribution is -2.47. The molecule has 4 nitrogen and oxygen atoms in total. The fraction of sp³-hybridized carbons (Fsp3) is 0.125. The van der Waals surface area contributed by atoms with Gasteiger partial charge in [-0.25, -0.2) is 0 Å². The number of nitrogens with one attached hydrogen (secondary N) is 1. The number of thioether (sulfide) groups is 1. The maximum absolute atomic E-state index is 12.7. The van der Waals surface area contributed by atoms with Crippen LogP contribution >= 0.6 is 23.4 Å². The number of amides is 2. The van der Waals surface area contributed by atoms with Gasteiger partial charge in [0.25, 0.3) is 5.91 Å². The summed E-state index contributed by atoms with van der Waals surface area (Å²) in [6, 6.07) is 14.5. The Kier molecular flexibility index (Phi) is 2.96. The van der Waals surface area contributed by atoms with E-state index in [9.17, 15) is 9.59 Å². The maximum atomic E-state index is 12.7. The van der Waals surface area contributed by atoms with Crippen molar-refractivity contribution in [1.29, 1.82) is 0 Å². The van der Waals surface area contributed by atoms with E-state index >= 15 is 0 Å². The van der Waals surface area contributed by atoms with Gasteiger partial charge in [-0.2, -0.15) is 0 Å². The Balaban J connectivity index is 1.96. The number of carbonyl (C=O) groups excluding carboxylic acids is 2. The molecule has 110 valence electrons. The molecule has 4 rings (SSSR count). The monoisotopic (exact) mass is 330 g/mol. The molecule has 0 bridgehead atoms. The van der Waals surface area contributed by atoms with Crippen molar-refractivity contribution in [2.24, 2.45) is 0 Å². The predicted octanol–water partition coefficient (Wildman–Crippen LogP) is 3.22. The molecule has 0 aliphatic carbocycles. The first-order valence-electron chi connectivity index (χ1n) is 6.77. The van der Waals surface area contributed by atoms with E-state index in [1.807, 2.05) is 30.3 Å². The number of fused-ring (bicyclic) bond motifs is 2. The molecule has 1 N–H and O–H groups in total. The van der Waals surface area contributed by atoms with E-state index in [-0.39, 0.29) is 17.6 Å². The van der Waals surface area contributed by atoms with Gasteiger partial charge >= 0.3 is 0 Å². The van der Waals surface area contributed by atoms with E-state index in [1.54, 1.807) is 18.2 Å². The summed E-state index contributed by atoms with van der Waals surface area (Å²) in [7, 11) is 0. The van der Waals surface area contributed by atoms with Gasteiger partial charge in [-0.1, -0.05) is 41.9 Å². The third kappa shape index (κ3) is 1.66. The smallest absolute Gasteiger partial charge is 0.266 e. The quantitative estimate of drug-likeness (QED) is 0.873. The highest BCUT2D eigenvalue weighted by molar-refractivity contribution is 8.02. The fourth-order valence-corrected chi connectivity index (χ4v) is 4.52. The summed E-state index contributed by atoms with van der Waals surface area (Å²) < 4.78 is 0. The molecule has 22 heavy (non-hydrogen) atoms. The lowest BCUT2D eigenvalue weighted by Gasteiger charge is -2.32. The van der Waals surface area contributed by atoms with Gasteiger partial charge in [-0.3, -0.25) is 14.5 Å². The maximum Gasteiger partial charge on any atom is 0.266 e. The van der Waals surface area contributed by atoms with Crippen molar-refractivity contribution in [2.75, 3.05) is 16.0 Å². The summed E-state index contributed by atoms with van der Waals surface area (Å²) in [5.74, 6) is -0.0816. The SMILES string of the molecule is O=C1CSC2(C(=O)Nc3ccccc32)N1c1ccccc1Cl. The normalized spacial score (nSPS) is 23.0. The average Bonchev–Trinajstić information content (AvgIpc) is 3.00. The van der Waals surface area contributed by atoms with E-state index < -0.39 is 4.87 Å². The van der Waals surface area contributed by atoms with Crippen molar-refractivity contribution < 1.29 is 9.59 Å². The third-order valence-electron chi connectivity index (χ3n) is 3.91. The average molecular weight is 331 g/mol. The minimum Gasteiger partial charge on any atom is -0.323 e. The van der Waals surface area contributed by atoms with Crippen LogP contribution in [0, 0.1) is 0 Å². The Labute approximate surface area is 136 Å². The number of carbonyl (C=O) groups is 2. The van der Waals surface area contributed by atoms with Crippen LogP contribution in [0.2, 0.25) is 5.02 Å². The first-order valence-corrected chi connectivity index (χ1v) is 8.13. The highest BCUT2D eigenvalue weighted by Gasteiger charge is 2.58. The second-order valence-electron chi connectivity index (χ2n) is 5.11. The van der Waals surface area contributed by atoms with Crippen LogP contribution in [0.25, 0.3) is 0 Å². The first-order chi connectivity index (χ1) is 10.6. The third-order valence-corrected chi connectivity index (χ3v) is 5.63. The highest BCUT2D eigenvalue weighted by Crippen LogP contribution is 2.54. The largest absolute Gasteiger partial charge is 0.323 e. The van der Waals surface area contributed by atoms with Crippen molar-refractivity contribution in [3.63, 3.8) is 0 Å². The molecule has 2 heterocycles. The van der Waals surface area contributed by atoms with Crippen molar-refractivity contribution in [3.8, 4) is 0 Å². The number of benzene rings is 2. The molecule has 1 saturated heterocycles.